The van der Waals surface area contributed by atoms with Gasteiger partial charge < -0.3 is 135 Å². The molecule has 0 aromatic rings. The van der Waals surface area contributed by atoms with E-state index in [0.717, 1.165) is 0 Å². The van der Waals surface area contributed by atoms with E-state index in [9.17, 15) is 107 Å². The standard InChI is InChI=1S/C76H139N21O22S/c1-9-42(5)60(74(116)93-54(32-38-120-8)71(113)89-47(22-12-17-34-78)65(107)90-50(25-15-20-37-81)72(114)97-62(44(7)98)75(117)96-61(76(118)119)43(6)10-2)95-73(115)55(40-59(103)104)94-67(109)49(24-14-19-36-80)88-70(112)53(28-31-58(101)102)92-66(108)48(23-13-18-35-79)86-64(106)46(21-11-16-33-77)87-69(111)52(27-30-57(84)100)91-68(110)51(26-29-56(83)99)85-63(105)45(82)39-41(3)4/h41-55,60-62,98H,9-40,77-82H2,1-8H3,(H2,83,99)(H2,84,100)(H,85,105)(H,86,106)(H,87,111)(H,88,112)(H,89,113)(H,90,107)(H,91,110)(H,92,108)(H,93,116)(H,94,109)(H,95,115)(H,96,117)(H,97,114)(H,101,102)(H,103,104)(H,118,119)/t42-,43-,44+,45-,46-,47-,48-,49-,50-,51-,52-,53-,54-,55-,60-,61-,62-/m0/s1. The maximum Gasteiger partial charge on any atom is 0.326 e. The first-order valence-corrected chi connectivity index (χ1v) is 42.6. The number of aliphatic hydroxyl groups excluding tert-OH is 1. The first kappa shape index (κ1) is 111. The van der Waals surface area contributed by atoms with E-state index in [4.69, 9.17) is 45.9 Å². The topological polar surface area (TPSA) is 753 Å². The number of primary amides is 2. The molecule has 43 nitrogen and oxygen atoms in total. The van der Waals surface area contributed by atoms with E-state index in [0.29, 0.717) is 25.7 Å². The monoisotopic (exact) mass is 1730 g/mol. The Kier molecular flexibility index (Phi) is 56.9. The van der Waals surface area contributed by atoms with E-state index in [1.54, 1.807) is 47.8 Å². The Morgan fingerprint density at radius 2 is 0.575 bits per heavy atom. The van der Waals surface area contributed by atoms with Crippen molar-refractivity contribution in [3.8, 4) is 0 Å². The summed E-state index contributed by atoms with van der Waals surface area (Å²) in [6.45, 7) is 12.0. The van der Waals surface area contributed by atoms with Crippen LogP contribution in [0.5, 0.6) is 0 Å². The van der Waals surface area contributed by atoms with Crippen LogP contribution in [0.15, 0.2) is 0 Å². The molecule has 0 aliphatic carbocycles. The number of carboxylic acid groups (broad SMARTS) is 3. The molecule has 0 bridgehead atoms. The molecule has 0 aliphatic heterocycles. The lowest BCUT2D eigenvalue weighted by molar-refractivity contribution is -0.144. The number of rotatable bonds is 68. The molecule has 0 unspecified atom stereocenters. The molecule has 0 saturated carbocycles. The zero-order valence-electron chi connectivity index (χ0n) is 70.7. The van der Waals surface area contributed by atoms with Crippen molar-refractivity contribution in [1.29, 1.82) is 0 Å². The molecule has 0 spiro atoms. The van der Waals surface area contributed by atoms with Crippen LogP contribution in [-0.2, 0) is 86.3 Å². The summed E-state index contributed by atoms with van der Waals surface area (Å²) in [5, 5.41) is 73.1. The lowest BCUT2D eigenvalue weighted by Gasteiger charge is -2.30. The summed E-state index contributed by atoms with van der Waals surface area (Å²) >= 11 is 1.28. The number of aliphatic carboxylic acids is 3. The summed E-state index contributed by atoms with van der Waals surface area (Å²) in [5.74, 6) is -20.6. The van der Waals surface area contributed by atoms with Crippen LogP contribution in [0.4, 0.5) is 0 Å². The molecule has 33 N–H and O–H groups in total. The summed E-state index contributed by atoms with van der Waals surface area (Å²) in [7, 11) is 0. The Hall–Kier alpha value is -9.47. The fourth-order valence-corrected chi connectivity index (χ4v) is 12.7. The highest BCUT2D eigenvalue weighted by Crippen LogP contribution is 2.17. The first-order chi connectivity index (χ1) is 56.6. The number of carbonyl (C=O) groups is 18. The fraction of sp³-hybridized carbons (Fsp3) is 0.763. The van der Waals surface area contributed by atoms with Crippen molar-refractivity contribution in [2.45, 2.75) is 306 Å². The van der Waals surface area contributed by atoms with Crippen LogP contribution < -0.4 is 115 Å². The second-order valence-electron chi connectivity index (χ2n) is 30.4. The van der Waals surface area contributed by atoms with Gasteiger partial charge in [-0.25, -0.2) is 4.79 Å². The number of thioether (sulfide) groups is 1. The third-order valence-electron chi connectivity index (χ3n) is 19.8. The molecule has 0 fully saturated rings. The van der Waals surface area contributed by atoms with Gasteiger partial charge in [-0.1, -0.05) is 54.4 Å². The van der Waals surface area contributed by atoms with Crippen LogP contribution in [0.2, 0.25) is 0 Å². The average molecular weight is 1730 g/mol. The van der Waals surface area contributed by atoms with Crippen molar-refractivity contribution in [3.05, 3.63) is 0 Å². The second-order valence-corrected chi connectivity index (χ2v) is 31.4. The van der Waals surface area contributed by atoms with Crippen molar-refractivity contribution in [1.82, 2.24) is 69.1 Å². The maximum atomic E-state index is 14.7. The van der Waals surface area contributed by atoms with Crippen molar-refractivity contribution < 1.29 is 107 Å². The molecule has 0 aromatic heterocycles. The van der Waals surface area contributed by atoms with Crippen LogP contribution >= 0.6 is 11.8 Å². The third kappa shape index (κ3) is 45.3. The highest BCUT2D eigenvalue weighted by Gasteiger charge is 2.40. The molecule has 0 radical (unpaired) electrons. The van der Waals surface area contributed by atoms with Gasteiger partial charge in [-0.15, -0.1) is 0 Å². The number of amides is 15. The molecule has 0 aromatic carbocycles. The number of hydrogen-bond acceptors (Lipinski definition) is 26. The molecular formula is C76H139N21O22S. The minimum absolute atomic E-state index is 0.0401. The molecule has 44 heteroatoms. The predicted molar refractivity (Wildman–Crippen MR) is 444 cm³/mol. The number of nitrogens with one attached hydrogen (secondary N) is 13. The molecule has 17 atom stereocenters. The Morgan fingerprint density at radius 3 is 0.858 bits per heavy atom. The molecule has 15 amide bonds. The third-order valence-corrected chi connectivity index (χ3v) is 20.4. The largest absolute Gasteiger partial charge is 0.481 e. The molecule has 120 heavy (non-hydrogen) atoms. The fourth-order valence-electron chi connectivity index (χ4n) is 12.2. The molecule has 0 saturated heterocycles. The Labute approximate surface area is 705 Å². The molecule has 0 heterocycles. The Balaban J connectivity index is 7.48. The van der Waals surface area contributed by atoms with Crippen LogP contribution in [-0.4, -0.2) is 262 Å². The summed E-state index contributed by atoms with van der Waals surface area (Å²) in [4.78, 5) is 246. The molecular weight excluding hydrogens is 1590 g/mol. The van der Waals surface area contributed by atoms with Gasteiger partial charge in [0.25, 0.3) is 0 Å². The highest BCUT2D eigenvalue weighted by atomic mass is 32.2. The molecule has 0 rings (SSSR count). The number of carbonyl (C=O) groups excluding carboxylic acids is 15. The Morgan fingerprint density at radius 1 is 0.317 bits per heavy atom. The zero-order valence-corrected chi connectivity index (χ0v) is 71.5. The van der Waals surface area contributed by atoms with Gasteiger partial charge in [-0.3, -0.25) is 81.5 Å². The highest BCUT2D eigenvalue weighted by molar-refractivity contribution is 7.98. The van der Waals surface area contributed by atoms with Gasteiger partial charge in [0.2, 0.25) is 88.6 Å². The van der Waals surface area contributed by atoms with Gasteiger partial charge in [0, 0.05) is 19.3 Å². The van der Waals surface area contributed by atoms with Crippen LogP contribution in [0.1, 0.15) is 215 Å². The van der Waals surface area contributed by atoms with Crippen molar-refractivity contribution >= 4 is 118 Å². The lowest BCUT2D eigenvalue weighted by Crippen LogP contribution is -2.62. The average Bonchev–Trinajstić information content (AvgIpc) is 0.870. The number of unbranched alkanes of at least 4 members (excludes halogenated alkanes) is 5. The van der Waals surface area contributed by atoms with Crippen LogP contribution in [0, 0.1) is 17.8 Å². The van der Waals surface area contributed by atoms with Crippen molar-refractivity contribution in [2.75, 3.05) is 44.7 Å². The van der Waals surface area contributed by atoms with E-state index in [-0.39, 0.29) is 147 Å². The van der Waals surface area contributed by atoms with Crippen molar-refractivity contribution in [2.24, 2.45) is 63.6 Å². The van der Waals surface area contributed by atoms with Gasteiger partial charge in [0.05, 0.1) is 18.6 Å². The van der Waals surface area contributed by atoms with Gasteiger partial charge >= 0.3 is 17.9 Å². The van der Waals surface area contributed by atoms with E-state index in [1.807, 2.05) is 0 Å². The van der Waals surface area contributed by atoms with E-state index < -0.39 is 248 Å². The summed E-state index contributed by atoms with van der Waals surface area (Å²) in [5.41, 5.74) is 45.8. The zero-order chi connectivity index (χ0) is 91.3. The predicted octanol–water partition coefficient (Wildman–Crippen LogP) is -5.51. The minimum Gasteiger partial charge on any atom is -0.481 e. The number of hydrogen-bond donors (Lipinski definition) is 25. The normalized spacial score (nSPS) is 15.5. The lowest BCUT2D eigenvalue weighted by atomic mass is 9.97. The summed E-state index contributed by atoms with van der Waals surface area (Å²) in [6.07, 6.45) is -1.66. The minimum atomic E-state index is -2.02. The second kappa shape index (κ2) is 61.8. The van der Waals surface area contributed by atoms with Gasteiger partial charge in [-0.2, -0.15) is 11.8 Å². The summed E-state index contributed by atoms with van der Waals surface area (Å²) < 4.78 is 0. The Bertz CT molecular complexity index is 3290. The number of aliphatic hydroxyl groups is 1. The number of nitrogens with two attached hydrogens (primary N) is 8. The summed E-state index contributed by atoms with van der Waals surface area (Å²) in [6, 6.07) is -21.8. The maximum absolute atomic E-state index is 14.7. The van der Waals surface area contributed by atoms with Gasteiger partial charge in [0.1, 0.15) is 78.5 Å². The number of carboxylic acids is 3. The van der Waals surface area contributed by atoms with E-state index in [1.165, 1.54) is 18.7 Å². The van der Waals surface area contributed by atoms with Crippen LogP contribution in [0.25, 0.3) is 0 Å². The molecule has 686 valence electrons. The van der Waals surface area contributed by atoms with E-state index in [2.05, 4.69) is 69.1 Å². The van der Waals surface area contributed by atoms with E-state index >= 15 is 0 Å². The smallest absolute Gasteiger partial charge is 0.326 e. The van der Waals surface area contributed by atoms with Crippen LogP contribution in [0.3, 0.4) is 0 Å². The van der Waals surface area contributed by atoms with Gasteiger partial charge in [-0.05, 0) is 198 Å². The quantitative estimate of drug-likeness (QED) is 0.0253. The SMILES string of the molecule is CC[C@H](C)[C@H](NC(=O)[C@@H](NC(=O)[C@H](CCCCN)NC(=O)[C@H](CCCCN)NC(=O)[C@H](CCSC)NC(=O)[C@@H](NC(=O)[C@H](CC(=O)O)NC(=O)[C@H](CCCCN)NC(=O)[C@H](CCC(=O)O)NC(=O)[C@H](CCCCN)NC(=O)[C@H](CCCCN)NC(=O)[C@H](CCC(N)=O)NC(=O)[C@H](CCC(N)=O)NC(=O)[C@@H](N)CC(C)C)[C@@H](C)CC)[C@@H](C)O)C(=O)O. The first-order valence-electron chi connectivity index (χ1n) is 41.2. The van der Waals surface area contributed by atoms with Crippen molar-refractivity contribution in [3.63, 3.8) is 0 Å². The van der Waals surface area contributed by atoms with Gasteiger partial charge in [0.15, 0.2) is 0 Å². The molecule has 0 aliphatic rings.